The molecule has 0 N–H and O–H groups in total. The van der Waals surface area contributed by atoms with Crippen molar-refractivity contribution < 1.29 is 0 Å². The van der Waals surface area contributed by atoms with Gasteiger partial charge in [0.25, 0.3) is 5.56 Å². The maximum atomic E-state index is 12.6. The van der Waals surface area contributed by atoms with E-state index in [1.54, 1.807) is 6.07 Å². The van der Waals surface area contributed by atoms with Crippen LogP contribution in [0.1, 0.15) is 5.56 Å². The average molecular weight is 271 g/mol. The molecule has 0 aliphatic heterocycles. The van der Waals surface area contributed by atoms with E-state index in [2.05, 4.69) is 4.98 Å². The zero-order valence-corrected chi connectivity index (χ0v) is 11.1. The highest BCUT2D eigenvalue weighted by molar-refractivity contribution is 6.29. The lowest BCUT2D eigenvalue weighted by Gasteiger charge is -2.10. The molecule has 0 bridgehead atoms. The van der Waals surface area contributed by atoms with Crippen LogP contribution in [0.5, 0.6) is 0 Å². The Bertz CT molecular complexity index is 809. The number of nitrogens with zero attached hydrogens (tertiary/aromatic N) is 2. The smallest absolute Gasteiger partial charge is 0.267 e. The zero-order valence-electron chi connectivity index (χ0n) is 10.3. The van der Waals surface area contributed by atoms with Gasteiger partial charge >= 0.3 is 0 Å². The summed E-state index contributed by atoms with van der Waals surface area (Å²) in [6.07, 6.45) is 0. The normalized spacial score (nSPS) is 10.8. The first-order valence-electron chi connectivity index (χ1n) is 5.92. The second-order valence-electron chi connectivity index (χ2n) is 4.33. The molecule has 1 heterocycles. The van der Waals surface area contributed by atoms with Gasteiger partial charge in [0, 0.05) is 0 Å². The van der Waals surface area contributed by atoms with Crippen molar-refractivity contribution >= 4 is 22.5 Å². The monoisotopic (exact) mass is 270 g/mol. The molecule has 0 fully saturated rings. The molecule has 0 spiro atoms. The molecule has 0 saturated carbocycles. The Morgan fingerprint density at radius 1 is 1.05 bits per heavy atom. The van der Waals surface area contributed by atoms with E-state index in [1.165, 1.54) is 4.57 Å². The van der Waals surface area contributed by atoms with Gasteiger partial charge in [0.05, 0.1) is 16.6 Å². The number of fused-ring (bicyclic) bond motifs is 1. The maximum absolute atomic E-state index is 12.6. The molecule has 3 aromatic rings. The molecular formula is C15H11ClN2O. The Morgan fingerprint density at radius 3 is 2.53 bits per heavy atom. The third-order valence-corrected chi connectivity index (χ3v) is 3.33. The minimum absolute atomic E-state index is 0.140. The highest BCUT2D eigenvalue weighted by Crippen LogP contribution is 2.18. The molecule has 0 aliphatic rings. The molecule has 0 amide bonds. The van der Waals surface area contributed by atoms with Crippen molar-refractivity contribution in [3.63, 3.8) is 0 Å². The van der Waals surface area contributed by atoms with E-state index >= 15 is 0 Å². The third-order valence-electron chi connectivity index (χ3n) is 3.08. The third kappa shape index (κ3) is 1.92. The lowest BCUT2D eigenvalue weighted by Crippen LogP contribution is -2.21. The summed E-state index contributed by atoms with van der Waals surface area (Å²) in [5.74, 6) is 0. The summed E-state index contributed by atoms with van der Waals surface area (Å²) in [7, 11) is 0. The molecule has 0 aliphatic carbocycles. The van der Waals surface area contributed by atoms with Crippen LogP contribution in [0.3, 0.4) is 0 Å². The Kier molecular flexibility index (Phi) is 2.84. The summed E-state index contributed by atoms with van der Waals surface area (Å²) in [6, 6.07) is 14.8. The Labute approximate surface area is 115 Å². The van der Waals surface area contributed by atoms with Crippen molar-refractivity contribution in [3.8, 4) is 5.69 Å². The Morgan fingerprint density at radius 2 is 1.79 bits per heavy atom. The fourth-order valence-corrected chi connectivity index (χ4v) is 2.43. The number of benzene rings is 2. The van der Waals surface area contributed by atoms with E-state index in [1.807, 2.05) is 49.4 Å². The molecule has 3 nitrogen and oxygen atoms in total. The summed E-state index contributed by atoms with van der Waals surface area (Å²) in [5, 5.41) is 0.782. The molecule has 0 unspecified atom stereocenters. The van der Waals surface area contributed by atoms with Gasteiger partial charge in [-0.1, -0.05) is 30.3 Å². The van der Waals surface area contributed by atoms with Gasteiger partial charge < -0.3 is 0 Å². The van der Waals surface area contributed by atoms with Crippen molar-refractivity contribution in [3.05, 3.63) is 69.7 Å². The topological polar surface area (TPSA) is 34.9 Å². The van der Waals surface area contributed by atoms with E-state index in [-0.39, 0.29) is 10.8 Å². The zero-order chi connectivity index (χ0) is 13.4. The van der Waals surface area contributed by atoms with Gasteiger partial charge in [-0.2, -0.15) is 0 Å². The molecule has 3 rings (SSSR count). The predicted molar refractivity (Wildman–Crippen MR) is 77.1 cm³/mol. The first kappa shape index (κ1) is 11.9. The van der Waals surface area contributed by atoms with Crippen molar-refractivity contribution in [1.29, 1.82) is 0 Å². The van der Waals surface area contributed by atoms with Crippen LogP contribution in [0, 0.1) is 6.92 Å². The van der Waals surface area contributed by atoms with Crippen LogP contribution in [0.4, 0.5) is 0 Å². The van der Waals surface area contributed by atoms with Gasteiger partial charge in [-0.05, 0) is 42.3 Å². The lowest BCUT2D eigenvalue weighted by molar-refractivity contribution is 0.962. The molecule has 4 heteroatoms. The van der Waals surface area contributed by atoms with Crippen molar-refractivity contribution in [2.75, 3.05) is 0 Å². The molecule has 0 atom stereocenters. The Hall–Kier alpha value is -2.13. The molecular weight excluding hydrogens is 260 g/mol. The first-order chi connectivity index (χ1) is 9.18. The van der Waals surface area contributed by atoms with Crippen LogP contribution < -0.4 is 5.56 Å². The van der Waals surface area contributed by atoms with Crippen LogP contribution in [0.15, 0.2) is 53.3 Å². The quantitative estimate of drug-likeness (QED) is 0.636. The largest absolute Gasteiger partial charge is 0.268 e. The molecule has 0 radical (unpaired) electrons. The van der Waals surface area contributed by atoms with E-state index in [0.717, 1.165) is 11.3 Å². The van der Waals surface area contributed by atoms with E-state index in [4.69, 9.17) is 11.6 Å². The number of aryl methyl sites for hydroxylation is 1. The van der Waals surface area contributed by atoms with Gasteiger partial charge in [0.2, 0.25) is 5.28 Å². The standard InChI is InChI=1S/C15H11ClN2O/c1-10-6-5-9-12-13(10)14(19)18(15(16)17-12)11-7-3-2-4-8-11/h2-9H,1H3. The molecule has 94 valence electrons. The number of hydrogen-bond donors (Lipinski definition) is 0. The van der Waals surface area contributed by atoms with Gasteiger partial charge in [-0.25, -0.2) is 4.98 Å². The van der Waals surface area contributed by atoms with E-state index < -0.39 is 0 Å². The molecule has 1 aromatic heterocycles. The van der Waals surface area contributed by atoms with Crippen LogP contribution in [0.2, 0.25) is 5.28 Å². The second kappa shape index (κ2) is 4.52. The number of hydrogen-bond acceptors (Lipinski definition) is 2. The highest BCUT2D eigenvalue weighted by atomic mass is 35.5. The predicted octanol–water partition coefficient (Wildman–Crippen LogP) is 3.35. The van der Waals surface area contributed by atoms with Crippen LogP contribution in [-0.2, 0) is 0 Å². The number of para-hydroxylation sites is 1. The number of halogens is 1. The summed E-state index contributed by atoms with van der Waals surface area (Å²) in [6.45, 7) is 1.90. The average Bonchev–Trinajstić information content (AvgIpc) is 2.39. The maximum Gasteiger partial charge on any atom is 0.267 e. The van der Waals surface area contributed by atoms with Gasteiger partial charge in [0.1, 0.15) is 0 Å². The first-order valence-corrected chi connectivity index (χ1v) is 6.29. The van der Waals surface area contributed by atoms with Crippen molar-refractivity contribution in [1.82, 2.24) is 9.55 Å². The van der Waals surface area contributed by atoms with Crippen LogP contribution >= 0.6 is 11.6 Å². The fourth-order valence-electron chi connectivity index (χ4n) is 2.17. The van der Waals surface area contributed by atoms with E-state index in [9.17, 15) is 4.79 Å². The summed E-state index contributed by atoms with van der Waals surface area (Å²) in [4.78, 5) is 16.9. The summed E-state index contributed by atoms with van der Waals surface area (Å²) >= 11 is 6.15. The molecule has 19 heavy (non-hydrogen) atoms. The summed E-state index contributed by atoms with van der Waals surface area (Å²) in [5.41, 5.74) is 2.10. The fraction of sp³-hybridized carbons (Fsp3) is 0.0667. The minimum Gasteiger partial charge on any atom is -0.268 e. The van der Waals surface area contributed by atoms with Gasteiger partial charge in [-0.3, -0.25) is 9.36 Å². The molecule has 0 saturated heterocycles. The SMILES string of the molecule is Cc1cccc2nc(Cl)n(-c3ccccc3)c(=O)c12. The number of rotatable bonds is 1. The summed E-state index contributed by atoms with van der Waals surface area (Å²) < 4.78 is 1.43. The van der Waals surface area contributed by atoms with Crippen LogP contribution in [0.25, 0.3) is 16.6 Å². The van der Waals surface area contributed by atoms with Gasteiger partial charge in [-0.15, -0.1) is 0 Å². The molecule has 2 aromatic carbocycles. The van der Waals surface area contributed by atoms with Gasteiger partial charge in [0.15, 0.2) is 0 Å². The number of aromatic nitrogens is 2. The van der Waals surface area contributed by atoms with Crippen molar-refractivity contribution in [2.24, 2.45) is 0 Å². The van der Waals surface area contributed by atoms with Crippen molar-refractivity contribution in [2.45, 2.75) is 6.92 Å². The van der Waals surface area contributed by atoms with E-state index in [0.29, 0.717) is 10.9 Å². The lowest BCUT2D eigenvalue weighted by atomic mass is 10.1. The highest BCUT2D eigenvalue weighted by Gasteiger charge is 2.12. The Balaban J connectivity index is 2.45. The minimum atomic E-state index is -0.140. The second-order valence-corrected chi connectivity index (χ2v) is 4.66. The van der Waals surface area contributed by atoms with Crippen LogP contribution in [-0.4, -0.2) is 9.55 Å².